The molecular formula is C15H23F3N4O. The fraction of sp³-hybridized carbons (Fsp3) is 0.667. The Hall–Kier alpha value is -1.70. The first-order chi connectivity index (χ1) is 11.0. The average molecular weight is 332 g/mol. The summed E-state index contributed by atoms with van der Waals surface area (Å²) in [7, 11) is 1.68. The number of hydrogen-bond acceptors (Lipinski definition) is 3. The molecule has 23 heavy (non-hydrogen) atoms. The van der Waals surface area contributed by atoms with Crippen molar-refractivity contribution in [2.24, 2.45) is 10.9 Å². The van der Waals surface area contributed by atoms with Crippen LogP contribution in [0, 0.1) is 5.92 Å². The Balaban J connectivity index is 1.65. The molecule has 2 rings (SSSR count). The van der Waals surface area contributed by atoms with Crippen molar-refractivity contribution >= 4 is 5.96 Å². The molecule has 0 amide bonds. The molecule has 1 aromatic rings. The molecule has 1 saturated heterocycles. The Bertz CT molecular complexity index is 479. The van der Waals surface area contributed by atoms with E-state index in [1.165, 1.54) is 4.90 Å². The minimum atomic E-state index is -4.11. The first-order valence-corrected chi connectivity index (χ1v) is 7.72. The van der Waals surface area contributed by atoms with Crippen LogP contribution in [0.4, 0.5) is 13.2 Å². The van der Waals surface area contributed by atoms with Gasteiger partial charge in [0, 0.05) is 13.6 Å². The third-order valence-electron chi connectivity index (χ3n) is 3.90. The molecule has 0 saturated carbocycles. The molecule has 1 aliphatic heterocycles. The second kappa shape index (κ2) is 8.24. The van der Waals surface area contributed by atoms with Crippen LogP contribution in [0.5, 0.6) is 0 Å². The van der Waals surface area contributed by atoms with Gasteiger partial charge in [-0.05, 0) is 44.0 Å². The van der Waals surface area contributed by atoms with Gasteiger partial charge in [0.15, 0.2) is 5.96 Å². The lowest BCUT2D eigenvalue weighted by molar-refractivity contribution is -0.148. The van der Waals surface area contributed by atoms with Gasteiger partial charge in [0.25, 0.3) is 0 Å². The topological polar surface area (TPSA) is 52.8 Å². The summed E-state index contributed by atoms with van der Waals surface area (Å²) in [5, 5.41) is 6.36. The Morgan fingerprint density at radius 3 is 2.65 bits per heavy atom. The molecule has 0 bridgehead atoms. The van der Waals surface area contributed by atoms with Crippen LogP contribution in [0.1, 0.15) is 18.6 Å². The van der Waals surface area contributed by atoms with E-state index in [1.54, 1.807) is 13.3 Å². The summed E-state index contributed by atoms with van der Waals surface area (Å²) in [5.41, 5.74) is 0. The summed E-state index contributed by atoms with van der Waals surface area (Å²) in [5.74, 6) is 1.84. The normalized spacial score (nSPS) is 18.2. The monoisotopic (exact) mass is 332 g/mol. The Kier molecular flexibility index (Phi) is 6.32. The molecular weight excluding hydrogens is 309 g/mol. The molecule has 0 atom stereocenters. The Labute approximate surface area is 133 Å². The maximum atomic E-state index is 12.4. The number of nitrogens with zero attached hydrogens (tertiary/aromatic N) is 2. The van der Waals surface area contributed by atoms with E-state index >= 15 is 0 Å². The van der Waals surface area contributed by atoms with E-state index < -0.39 is 12.7 Å². The van der Waals surface area contributed by atoms with Crippen molar-refractivity contribution in [3.05, 3.63) is 24.2 Å². The number of aliphatic imine (C=N–C) groups is 1. The molecule has 2 heterocycles. The van der Waals surface area contributed by atoms with E-state index in [4.69, 9.17) is 4.42 Å². The van der Waals surface area contributed by atoms with Gasteiger partial charge in [-0.2, -0.15) is 13.2 Å². The number of guanidine groups is 1. The van der Waals surface area contributed by atoms with Gasteiger partial charge < -0.3 is 15.1 Å². The van der Waals surface area contributed by atoms with Gasteiger partial charge in [0.1, 0.15) is 5.76 Å². The number of halogens is 3. The van der Waals surface area contributed by atoms with Gasteiger partial charge in [-0.15, -0.1) is 0 Å². The zero-order valence-electron chi connectivity index (χ0n) is 13.2. The van der Waals surface area contributed by atoms with E-state index in [9.17, 15) is 13.2 Å². The van der Waals surface area contributed by atoms with Crippen molar-refractivity contribution in [1.29, 1.82) is 0 Å². The van der Waals surface area contributed by atoms with Crippen LogP contribution in [0.3, 0.4) is 0 Å². The third kappa shape index (κ3) is 6.52. The Morgan fingerprint density at radius 1 is 1.35 bits per heavy atom. The van der Waals surface area contributed by atoms with Crippen molar-refractivity contribution in [2.75, 3.05) is 33.2 Å². The van der Waals surface area contributed by atoms with Crippen LogP contribution in [-0.4, -0.2) is 50.3 Å². The molecule has 130 valence electrons. The molecule has 0 aromatic carbocycles. The zero-order chi connectivity index (χ0) is 16.7. The zero-order valence-corrected chi connectivity index (χ0v) is 13.2. The number of alkyl halides is 3. The number of furan rings is 1. The number of likely N-dealkylation sites (tertiary alicyclic amines) is 1. The van der Waals surface area contributed by atoms with Crippen molar-refractivity contribution < 1.29 is 17.6 Å². The Morgan fingerprint density at radius 2 is 2.09 bits per heavy atom. The maximum Gasteiger partial charge on any atom is 0.401 e. The summed E-state index contributed by atoms with van der Waals surface area (Å²) < 4.78 is 42.3. The van der Waals surface area contributed by atoms with E-state index in [2.05, 4.69) is 15.6 Å². The van der Waals surface area contributed by atoms with E-state index in [-0.39, 0.29) is 0 Å². The minimum absolute atomic E-state index is 0.363. The lowest BCUT2D eigenvalue weighted by Crippen LogP contribution is -2.44. The molecule has 5 nitrogen and oxygen atoms in total. The predicted octanol–water partition coefficient (Wildman–Crippen LogP) is 2.22. The van der Waals surface area contributed by atoms with E-state index in [0.717, 1.165) is 18.6 Å². The second-order valence-corrected chi connectivity index (χ2v) is 5.72. The van der Waals surface area contributed by atoms with E-state index in [0.29, 0.717) is 38.1 Å². The van der Waals surface area contributed by atoms with Crippen molar-refractivity contribution in [1.82, 2.24) is 15.5 Å². The summed E-state index contributed by atoms with van der Waals surface area (Å²) >= 11 is 0. The molecule has 0 radical (unpaired) electrons. The highest BCUT2D eigenvalue weighted by Gasteiger charge is 2.32. The van der Waals surface area contributed by atoms with Crippen LogP contribution in [-0.2, 0) is 6.54 Å². The lowest BCUT2D eigenvalue weighted by atomic mass is 9.97. The quantitative estimate of drug-likeness (QED) is 0.641. The highest BCUT2D eigenvalue weighted by molar-refractivity contribution is 5.79. The van der Waals surface area contributed by atoms with Gasteiger partial charge in [-0.3, -0.25) is 9.89 Å². The third-order valence-corrected chi connectivity index (χ3v) is 3.90. The van der Waals surface area contributed by atoms with E-state index in [1.807, 2.05) is 12.1 Å². The van der Waals surface area contributed by atoms with Crippen LogP contribution in [0.2, 0.25) is 0 Å². The van der Waals surface area contributed by atoms with Gasteiger partial charge >= 0.3 is 6.18 Å². The highest BCUT2D eigenvalue weighted by Crippen LogP contribution is 2.22. The van der Waals surface area contributed by atoms with Crippen molar-refractivity contribution in [3.8, 4) is 0 Å². The number of nitrogens with one attached hydrogen (secondary N) is 2. The van der Waals surface area contributed by atoms with Crippen LogP contribution >= 0.6 is 0 Å². The standard InChI is InChI=1S/C15H23F3N4O/c1-19-14(21-10-13-3-2-8-23-13)20-9-12-4-6-22(7-5-12)11-15(16,17)18/h2-3,8,12H,4-7,9-11H2,1H3,(H2,19,20,21). The maximum absolute atomic E-state index is 12.4. The molecule has 1 aromatic heterocycles. The number of hydrogen-bond donors (Lipinski definition) is 2. The van der Waals surface area contributed by atoms with Gasteiger partial charge in [0.05, 0.1) is 19.4 Å². The molecule has 8 heteroatoms. The fourth-order valence-corrected chi connectivity index (χ4v) is 2.65. The lowest BCUT2D eigenvalue weighted by Gasteiger charge is -2.32. The molecule has 1 aliphatic rings. The summed E-state index contributed by atoms with van der Waals surface area (Å²) in [6.07, 6.45) is -0.971. The molecule has 0 unspecified atom stereocenters. The van der Waals surface area contributed by atoms with Crippen LogP contribution in [0.25, 0.3) is 0 Å². The van der Waals surface area contributed by atoms with Crippen LogP contribution in [0.15, 0.2) is 27.8 Å². The smallest absolute Gasteiger partial charge is 0.401 e. The molecule has 2 N–H and O–H groups in total. The number of rotatable bonds is 5. The largest absolute Gasteiger partial charge is 0.467 e. The summed E-state index contributed by atoms with van der Waals surface area (Å²) in [6, 6.07) is 3.69. The number of piperidine rings is 1. The van der Waals surface area contributed by atoms with Gasteiger partial charge in [-0.1, -0.05) is 0 Å². The fourth-order valence-electron chi connectivity index (χ4n) is 2.65. The SMILES string of the molecule is CN=C(NCc1ccco1)NCC1CCN(CC(F)(F)F)CC1. The van der Waals surface area contributed by atoms with Gasteiger partial charge in [0.2, 0.25) is 0 Å². The molecule has 0 spiro atoms. The summed E-state index contributed by atoms with van der Waals surface area (Å²) in [6.45, 7) is 1.42. The highest BCUT2D eigenvalue weighted by atomic mass is 19.4. The van der Waals surface area contributed by atoms with Gasteiger partial charge in [-0.25, -0.2) is 0 Å². The van der Waals surface area contributed by atoms with Crippen LogP contribution < -0.4 is 10.6 Å². The predicted molar refractivity (Wildman–Crippen MR) is 82.1 cm³/mol. The molecule has 1 fully saturated rings. The summed E-state index contributed by atoms with van der Waals surface area (Å²) in [4.78, 5) is 5.60. The first-order valence-electron chi connectivity index (χ1n) is 7.72. The first kappa shape index (κ1) is 17.7. The molecule has 0 aliphatic carbocycles. The van der Waals surface area contributed by atoms with Crippen molar-refractivity contribution in [3.63, 3.8) is 0 Å². The van der Waals surface area contributed by atoms with Crippen molar-refractivity contribution in [2.45, 2.75) is 25.6 Å². The second-order valence-electron chi connectivity index (χ2n) is 5.72. The minimum Gasteiger partial charge on any atom is -0.467 e. The average Bonchev–Trinajstić information content (AvgIpc) is 3.01.